The van der Waals surface area contributed by atoms with Crippen LogP contribution in [0.15, 0.2) is 42.5 Å². The van der Waals surface area contributed by atoms with Crippen LogP contribution in [0.1, 0.15) is 30.4 Å². The summed E-state index contributed by atoms with van der Waals surface area (Å²) in [5.74, 6) is -0.563. The summed E-state index contributed by atoms with van der Waals surface area (Å²) in [4.78, 5) is 14.4. The van der Waals surface area contributed by atoms with Gasteiger partial charge in [-0.15, -0.1) is 0 Å². The van der Waals surface area contributed by atoms with E-state index >= 15 is 0 Å². The maximum absolute atomic E-state index is 13.9. The number of benzene rings is 2. The second kappa shape index (κ2) is 7.64. The first kappa shape index (κ1) is 17.4. The van der Waals surface area contributed by atoms with E-state index in [9.17, 15) is 13.6 Å². The summed E-state index contributed by atoms with van der Waals surface area (Å²) in [5, 5.41) is 0. The maximum atomic E-state index is 13.9. The fraction of sp³-hybridized carbons (Fsp3) is 0.350. The number of ether oxygens (including phenoxy) is 1. The molecule has 3 rings (SSSR count). The van der Waals surface area contributed by atoms with Crippen molar-refractivity contribution in [2.45, 2.75) is 38.3 Å². The highest BCUT2D eigenvalue weighted by Crippen LogP contribution is 2.30. The summed E-state index contributed by atoms with van der Waals surface area (Å²) in [5.41, 5.74) is 1.27. The number of hydrogen-bond donors (Lipinski definition) is 0. The second-order valence-electron chi connectivity index (χ2n) is 6.31. The third-order valence-corrected chi connectivity index (χ3v) is 4.45. The standard InChI is InChI=1S/C20H21F2NO2/c1-25-19-10-6-14(12-18(19)22)7-11-20(24)23(16-8-9-16)13-15-4-2-3-5-17(15)21/h2-6,10,12,16H,7-9,11,13H2,1H3. The number of aryl methyl sites for hydroxylation is 1. The maximum Gasteiger partial charge on any atom is 0.223 e. The zero-order chi connectivity index (χ0) is 17.8. The Hall–Kier alpha value is -2.43. The molecule has 1 fully saturated rings. The molecule has 0 N–H and O–H groups in total. The molecule has 0 bridgehead atoms. The van der Waals surface area contributed by atoms with Gasteiger partial charge in [-0.25, -0.2) is 8.78 Å². The Bertz CT molecular complexity index is 759. The molecule has 2 aromatic rings. The largest absolute Gasteiger partial charge is 0.494 e. The summed E-state index contributed by atoms with van der Waals surface area (Å²) in [7, 11) is 1.41. The zero-order valence-electron chi connectivity index (χ0n) is 14.2. The lowest BCUT2D eigenvalue weighted by molar-refractivity contribution is -0.132. The van der Waals surface area contributed by atoms with Gasteiger partial charge in [-0.2, -0.15) is 0 Å². The second-order valence-corrected chi connectivity index (χ2v) is 6.31. The van der Waals surface area contributed by atoms with Gasteiger partial charge in [-0.05, 0) is 43.0 Å². The average Bonchev–Trinajstić information content (AvgIpc) is 3.44. The molecule has 0 aromatic heterocycles. The molecule has 0 spiro atoms. The minimum absolute atomic E-state index is 0.0259. The van der Waals surface area contributed by atoms with E-state index in [0.29, 0.717) is 12.0 Å². The summed E-state index contributed by atoms with van der Waals surface area (Å²) in [6.45, 7) is 0.285. The van der Waals surface area contributed by atoms with Gasteiger partial charge in [-0.3, -0.25) is 4.79 Å². The van der Waals surface area contributed by atoms with Crippen LogP contribution in [0.5, 0.6) is 5.75 Å². The molecule has 0 aliphatic heterocycles. The molecule has 5 heteroatoms. The fourth-order valence-electron chi connectivity index (χ4n) is 2.88. The van der Waals surface area contributed by atoms with Gasteiger partial charge in [0.1, 0.15) is 5.82 Å². The summed E-state index contributed by atoms with van der Waals surface area (Å²) >= 11 is 0. The Balaban J connectivity index is 1.63. The molecule has 132 valence electrons. The van der Waals surface area contributed by atoms with Crippen LogP contribution in [0, 0.1) is 11.6 Å². The Morgan fingerprint density at radius 3 is 2.56 bits per heavy atom. The average molecular weight is 345 g/mol. The SMILES string of the molecule is COc1ccc(CCC(=O)N(Cc2ccccc2F)C2CC2)cc1F. The minimum Gasteiger partial charge on any atom is -0.494 e. The lowest BCUT2D eigenvalue weighted by Crippen LogP contribution is -2.33. The topological polar surface area (TPSA) is 29.5 Å². The van der Waals surface area contributed by atoms with Gasteiger partial charge in [0.2, 0.25) is 5.91 Å². The van der Waals surface area contributed by atoms with Crippen LogP contribution in [0.4, 0.5) is 8.78 Å². The van der Waals surface area contributed by atoms with E-state index in [-0.39, 0.29) is 36.5 Å². The van der Waals surface area contributed by atoms with Crippen LogP contribution >= 0.6 is 0 Å². The quantitative estimate of drug-likeness (QED) is 0.756. The first-order valence-corrected chi connectivity index (χ1v) is 8.44. The number of halogens is 2. The van der Waals surface area contributed by atoms with Gasteiger partial charge in [0.15, 0.2) is 11.6 Å². The van der Waals surface area contributed by atoms with Crippen LogP contribution in [0.3, 0.4) is 0 Å². The van der Waals surface area contributed by atoms with Gasteiger partial charge in [0.25, 0.3) is 0 Å². The van der Waals surface area contributed by atoms with E-state index in [1.165, 1.54) is 19.2 Å². The van der Waals surface area contributed by atoms with Gasteiger partial charge < -0.3 is 9.64 Å². The molecule has 25 heavy (non-hydrogen) atoms. The number of carbonyl (C=O) groups is 1. The number of methoxy groups -OCH3 is 1. The zero-order valence-corrected chi connectivity index (χ0v) is 14.2. The van der Waals surface area contributed by atoms with Crippen molar-refractivity contribution in [2.24, 2.45) is 0 Å². The molecular formula is C20H21F2NO2. The van der Waals surface area contributed by atoms with Crippen molar-refractivity contribution in [1.82, 2.24) is 4.90 Å². The van der Waals surface area contributed by atoms with E-state index in [4.69, 9.17) is 4.74 Å². The highest BCUT2D eigenvalue weighted by atomic mass is 19.1. The van der Waals surface area contributed by atoms with E-state index in [2.05, 4.69) is 0 Å². The van der Waals surface area contributed by atoms with E-state index < -0.39 is 5.82 Å². The lowest BCUT2D eigenvalue weighted by atomic mass is 10.1. The highest BCUT2D eigenvalue weighted by Gasteiger charge is 2.32. The predicted octanol–water partition coefficient (Wildman–Crippen LogP) is 4.10. The van der Waals surface area contributed by atoms with Crippen molar-refractivity contribution < 1.29 is 18.3 Å². The van der Waals surface area contributed by atoms with Gasteiger partial charge in [-0.1, -0.05) is 24.3 Å². The van der Waals surface area contributed by atoms with Crippen molar-refractivity contribution in [2.75, 3.05) is 7.11 Å². The van der Waals surface area contributed by atoms with Crippen LogP contribution in [0.2, 0.25) is 0 Å². The van der Waals surface area contributed by atoms with Crippen LogP contribution in [-0.2, 0) is 17.8 Å². The van der Waals surface area contributed by atoms with E-state index in [0.717, 1.165) is 18.4 Å². The Morgan fingerprint density at radius 1 is 1.16 bits per heavy atom. The molecule has 0 saturated heterocycles. The molecule has 1 aliphatic carbocycles. The predicted molar refractivity (Wildman–Crippen MR) is 91.2 cm³/mol. The monoisotopic (exact) mass is 345 g/mol. The Morgan fingerprint density at radius 2 is 1.92 bits per heavy atom. The molecule has 0 heterocycles. The van der Waals surface area contributed by atoms with E-state index in [1.54, 1.807) is 35.2 Å². The number of rotatable bonds is 7. The number of amides is 1. The van der Waals surface area contributed by atoms with Crippen molar-refractivity contribution in [3.63, 3.8) is 0 Å². The number of carbonyl (C=O) groups excluding carboxylic acids is 1. The van der Waals surface area contributed by atoms with Crippen molar-refractivity contribution >= 4 is 5.91 Å². The van der Waals surface area contributed by atoms with Crippen LogP contribution in [0.25, 0.3) is 0 Å². The molecule has 1 aliphatic rings. The van der Waals surface area contributed by atoms with Gasteiger partial charge in [0, 0.05) is 24.6 Å². The van der Waals surface area contributed by atoms with Crippen LogP contribution < -0.4 is 4.74 Å². The molecule has 0 unspecified atom stereocenters. The van der Waals surface area contributed by atoms with Gasteiger partial charge in [0.05, 0.1) is 7.11 Å². The molecule has 0 radical (unpaired) electrons. The first-order valence-electron chi connectivity index (χ1n) is 8.44. The van der Waals surface area contributed by atoms with Crippen molar-refractivity contribution in [3.8, 4) is 5.75 Å². The Kier molecular flexibility index (Phi) is 5.31. The molecular weight excluding hydrogens is 324 g/mol. The van der Waals surface area contributed by atoms with Gasteiger partial charge >= 0.3 is 0 Å². The van der Waals surface area contributed by atoms with Crippen molar-refractivity contribution in [3.05, 3.63) is 65.2 Å². The summed E-state index contributed by atoms with van der Waals surface area (Å²) in [6.07, 6.45) is 2.63. The van der Waals surface area contributed by atoms with Crippen LogP contribution in [-0.4, -0.2) is 24.0 Å². The smallest absolute Gasteiger partial charge is 0.223 e. The third kappa shape index (κ3) is 4.35. The van der Waals surface area contributed by atoms with Crippen molar-refractivity contribution in [1.29, 1.82) is 0 Å². The summed E-state index contributed by atoms with van der Waals surface area (Å²) in [6, 6.07) is 11.4. The number of nitrogens with zero attached hydrogens (tertiary/aromatic N) is 1. The summed E-state index contributed by atoms with van der Waals surface area (Å²) < 4.78 is 32.5. The number of hydrogen-bond acceptors (Lipinski definition) is 2. The third-order valence-electron chi connectivity index (χ3n) is 4.45. The highest BCUT2D eigenvalue weighted by molar-refractivity contribution is 5.77. The Labute approximate surface area is 146 Å². The molecule has 3 nitrogen and oxygen atoms in total. The molecule has 1 saturated carbocycles. The first-order chi connectivity index (χ1) is 12.1. The molecule has 2 aromatic carbocycles. The normalized spacial score (nSPS) is 13.6. The molecule has 1 amide bonds. The lowest BCUT2D eigenvalue weighted by Gasteiger charge is -2.23. The molecule has 0 atom stereocenters. The fourth-order valence-corrected chi connectivity index (χ4v) is 2.88. The van der Waals surface area contributed by atoms with E-state index in [1.807, 2.05) is 0 Å². The minimum atomic E-state index is -0.433.